The summed E-state index contributed by atoms with van der Waals surface area (Å²) in [7, 11) is 1.74. The predicted octanol–water partition coefficient (Wildman–Crippen LogP) is 2.29. The average molecular weight is 344 g/mol. The SMILES string of the molecule is CC(Sc1nc2ncccn2n1)C(=O)N(C)C1(C#N)CCCCC1. The van der Waals surface area contributed by atoms with Crippen LogP contribution in [0.5, 0.6) is 0 Å². The highest BCUT2D eigenvalue weighted by Gasteiger charge is 2.40. The molecular formula is C16H20N6OS. The number of fused-ring (bicyclic) bond motifs is 1. The molecule has 2 aromatic heterocycles. The minimum absolute atomic E-state index is 0.0599. The Morgan fingerprint density at radius 3 is 2.88 bits per heavy atom. The third-order valence-electron chi connectivity index (χ3n) is 4.59. The van der Waals surface area contributed by atoms with Crippen molar-refractivity contribution < 1.29 is 4.79 Å². The molecule has 8 heteroatoms. The zero-order valence-electron chi connectivity index (χ0n) is 13.8. The van der Waals surface area contributed by atoms with E-state index in [-0.39, 0.29) is 11.2 Å². The zero-order chi connectivity index (χ0) is 17.2. The third-order valence-corrected chi connectivity index (χ3v) is 5.53. The summed E-state index contributed by atoms with van der Waals surface area (Å²) < 4.78 is 1.58. The molecule has 24 heavy (non-hydrogen) atoms. The summed E-state index contributed by atoms with van der Waals surface area (Å²) in [5, 5.41) is 14.1. The predicted molar refractivity (Wildman–Crippen MR) is 90.3 cm³/mol. The number of hydrogen-bond donors (Lipinski definition) is 0. The fourth-order valence-corrected chi connectivity index (χ4v) is 3.96. The van der Waals surface area contributed by atoms with Gasteiger partial charge in [0.15, 0.2) is 0 Å². The van der Waals surface area contributed by atoms with Crippen LogP contribution in [0.4, 0.5) is 0 Å². The van der Waals surface area contributed by atoms with Crippen LogP contribution < -0.4 is 0 Å². The van der Waals surface area contributed by atoms with E-state index in [0.29, 0.717) is 10.9 Å². The van der Waals surface area contributed by atoms with Crippen LogP contribution in [0, 0.1) is 11.3 Å². The number of aromatic nitrogens is 4. The number of carbonyl (C=O) groups excluding carboxylic acids is 1. The van der Waals surface area contributed by atoms with E-state index in [0.717, 1.165) is 32.1 Å². The van der Waals surface area contributed by atoms with Gasteiger partial charge in [-0.15, -0.1) is 5.10 Å². The largest absolute Gasteiger partial charge is 0.326 e. The first-order chi connectivity index (χ1) is 11.6. The van der Waals surface area contributed by atoms with Crippen LogP contribution in [-0.2, 0) is 4.79 Å². The Morgan fingerprint density at radius 2 is 2.21 bits per heavy atom. The van der Waals surface area contributed by atoms with Crippen molar-refractivity contribution in [2.24, 2.45) is 0 Å². The highest BCUT2D eigenvalue weighted by molar-refractivity contribution is 8.00. The normalized spacial score (nSPS) is 18.0. The first kappa shape index (κ1) is 16.7. The van der Waals surface area contributed by atoms with E-state index in [1.54, 1.807) is 34.9 Å². The summed E-state index contributed by atoms with van der Waals surface area (Å²) in [6.45, 7) is 1.83. The second kappa shape index (κ2) is 6.77. The number of amides is 1. The lowest BCUT2D eigenvalue weighted by atomic mass is 9.81. The molecule has 1 amide bonds. The van der Waals surface area contributed by atoms with Crippen molar-refractivity contribution in [2.45, 2.75) is 55.0 Å². The number of carbonyl (C=O) groups is 1. The fourth-order valence-electron chi connectivity index (χ4n) is 3.11. The van der Waals surface area contributed by atoms with Crippen LogP contribution >= 0.6 is 11.8 Å². The summed E-state index contributed by atoms with van der Waals surface area (Å²) in [6.07, 6.45) is 8.04. The maximum atomic E-state index is 12.8. The van der Waals surface area contributed by atoms with Crippen molar-refractivity contribution in [3.05, 3.63) is 18.5 Å². The van der Waals surface area contributed by atoms with E-state index in [1.165, 1.54) is 11.8 Å². The molecule has 1 atom stereocenters. The summed E-state index contributed by atoms with van der Waals surface area (Å²) in [6, 6.07) is 4.16. The van der Waals surface area contributed by atoms with Crippen LogP contribution in [0.15, 0.2) is 23.6 Å². The molecule has 0 radical (unpaired) electrons. The maximum absolute atomic E-state index is 12.8. The van der Waals surface area contributed by atoms with Gasteiger partial charge in [0.05, 0.1) is 11.3 Å². The Morgan fingerprint density at radius 1 is 1.46 bits per heavy atom. The smallest absolute Gasteiger partial charge is 0.253 e. The topological polar surface area (TPSA) is 87.2 Å². The van der Waals surface area contributed by atoms with E-state index in [4.69, 9.17) is 0 Å². The molecule has 0 aliphatic heterocycles. The van der Waals surface area contributed by atoms with Crippen molar-refractivity contribution in [3.63, 3.8) is 0 Å². The number of thioether (sulfide) groups is 1. The zero-order valence-corrected chi connectivity index (χ0v) is 14.7. The van der Waals surface area contributed by atoms with E-state index in [9.17, 15) is 10.1 Å². The van der Waals surface area contributed by atoms with E-state index < -0.39 is 5.54 Å². The first-order valence-electron chi connectivity index (χ1n) is 8.09. The van der Waals surface area contributed by atoms with Gasteiger partial charge in [-0.05, 0) is 25.8 Å². The van der Waals surface area contributed by atoms with Crippen LogP contribution in [0.3, 0.4) is 0 Å². The van der Waals surface area contributed by atoms with Gasteiger partial charge in [0.2, 0.25) is 11.1 Å². The first-order valence-corrected chi connectivity index (χ1v) is 8.97. The molecule has 1 unspecified atom stereocenters. The Hall–Kier alpha value is -2.14. The fraction of sp³-hybridized carbons (Fsp3) is 0.562. The number of nitrogens with zero attached hydrogens (tertiary/aromatic N) is 6. The van der Waals surface area contributed by atoms with Crippen molar-refractivity contribution in [2.75, 3.05) is 7.05 Å². The standard InChI is InChI=1S/C16H20N6OS/c1-12(24-15-19-14-18-9-6-10-22(14)20-15)13(23)21(2)16(11-17)7-4-3-5-8-16/h6,9-10,12H,3-5,7-8H2,1-2H3. The molecule has 0 aromatic carbocycles. The minimum atomic E-state index is -0.669. The van der Waals surface area contributed by atoms with E-state index >= 15 is 0 Å². The van der Waals surface area contributed by atoms with E-state index in [1.807, 2.05) is 6.92 Å². The van der Waals surface area contributed by atoms with Gasteiger partial charge >= 0.3 is 0 Å². The minimum Gasteiger partial charge on any atom is -0.326 e. The average Bonchev–Trinajstić information content (AvgIpc) is 3.03. The van der Waals surface area contributed by atoms with Crippen LogP contribution in [-0.4, -0.2) is 48.2 Å². The molecule has 3 rings (SSSR count). The number of hydrogen-bond acceptors (Lipinski definition) is 6. The summed E-state index contributed by atoms with van der Waals surface area (Å²) in [5.41, 5.74) is -0.669. The van der Waals surface area contributed by atoms with Gasteiger partial charge in [-0.25, -0.2) is 9.50 Å². The molecule has 1 aliphatic rings. The van der Waals surface area contributed by atoms with Crippen molar-refractivity contribution in [3.8, 4) is 6.07 Å². The molecule has 0 spiro atoms. The van der Waals surface area contributed by atoms with Gasteiger partial charge in [0.25, 0.3) is 5.78 Å². The highest BCUT2D eigenvalue weighted by Crippen LogP contribution is 2.34. The number of rotatable bonds is 4. The molecule has 2 aromatic rings. The van der Waals surface area contributed by atoms with Crippen molar-refractivity contribution >= 4 is 23.4 Å². The second-order valence-corrected chi connectivity index (χ2v) is 7.43. The second-order valence-electron chi connectivity index (χ2n) is 6.12. The van der Waals surface area contributed by atoms with E-state index in [2.05, 4.69) is 21.1 Å². The molecular weight excluding hydrogens is 324 g/mol. The summed E-state index contributed by atoms with van der Waals surface area (Å²) in [4.78, 5) is 22.9. The lowest BCUT2D eigenvalue weighted by Crippen LogP contribution is -2.52. The lowest BCUT2D eigenvalue weighted by Gasteiger charge is -2.39. The van der Waals surface area contributed by atoms with Crippen LogP contribution in [0.25, 0.3) is 5.78 Å². The van der Waals surface area contributed by atoms with Crippen molar-refractivity contribution in [1.82, 2.24) is 24.5 Å². The Balaban J connectivity index is 1.72. The Labute approximate surface area is 145 Å². The van der Waals surface area contributed by atoms with Gasteiger partial charge in [-0.3, -0.25) is 4.79 Å². The summed E-state index contributed by atoms with van der Waals surface area (Å²) in [5.74, 6) is 0.448. The highest BCUT2D eigenvalue weighted by atomic mass is 32.2. The molecule has 1 fully saturated rings. The number of nitriles is 1. The van der Waals surface area contributed by atoms with Gasteiger partial charge in [0, 0.05) is 19.4 Å². The molecule has 1 saturated carbocycles. The molecule has 7 nitrogen and oxygen atoms in total. The molecule has 0 N–H and O–H groups in total. The maximum Gasteiger partial charge on any atom is 0.253 e. The monoisotopic (exact) mass is 344 g/mol. The summed E-state index contributed by atoms with van der Waals surface area (Å²) >= 11 is 1.30. The quantitative estimate of drug-likeness (QED) is 0.791. The van der Waals surface area contributed by atoms with Crippen LogP contribution in [0.1, 0.15) is 39.0 Å². The molecule has 1 aliphatic carbocycles. The molecule has 0 saturated heterocycles. The molecule has 126 valence electrons. The lowest BCUT2D eigenvalue weighted by molar-refractivity contribution is -0.133. The van der Waals surface area contributed by atoms with Gasteiger partial charge < -0.3 is 4.90 Å². The van der Waals surface area contributed by atoms with Gasteiger partial charge in [0.1, 0.15) is 5.54 Å². The third kappa shape index (κ3) is 3.08. The Bertz CT molecular complexity index is 743. The van der Waals surface area contributed by atoms with Crippen LogP contribution in [0.2, 0.25) is 0 Å². The van der Waals surface area contributed by atoms with Crippen molar-refractivity contribution in [1.29, 1.82) is 5.26 Å². The van der Waals surface area contributed by atoms with Gasteiger partial charge in [-0.2, -0.15) is 10.2 Å². The van der Waals surface area contributed by atoms with Gasteiger partial charge in [-0.1, -0.05) is 31.0 Å². The molecule has 0 bridgehead atoms. The molecule has 2 heterocycles. The Kier molecular flexibility index (Phi) is 4.71.